The summed E-state index contributed by atoms with van der Waals surface area (Å²) in [6.45, 7) is 0.307. The number of nitrogens with one attached hydrogen (secondary N) is 1. The highest BCUT2D eigenvalue weighted by Crippen LogP contribution is 2.21. The van der Waals surface area contributed by atoms with Gasteiger partial charge in [-0.1, -0.05) is 33.6 Å². The van der Waals surface area contributed by atoms with E-state index in [-0.39, 0.29) is 10.8 Å². The molecule has 94 valence electrons. The van der Waals surface area contributed by atoms with Gasteiger partial charge in [-0.05, 0) is 30.3 Å². The first kappa shape index (κ1) is 13.3. The molecule has 0 spiro atoms. The van der Waals surface area contributed by atoms with Crippen molar-refractivity contribution in [3.8, 4) is 0 Å². The van der Waals surface area contributed by atoms with Crippen molar-refractivity contribution in [2.45, 2.75) is 6.54 Å². The molecule has 0 aromatic heterocycles. The molecule has 0 saturated carbocycles. The Balaban J connectivity index is 2.09. The summed E-state index contributed by atoms with van der Waals surface area (Å²) >= 11 is 8.84. The predicted molar refractivity (Wildman–Crippen MR) is 72.8 cm³/mol. The molecule has 0 heterocycles. The van der Waals surface area contributed by atoms with Crippen LogP contribution in [0.25, 0.3) is 0 Å². The Morgan fingerprint density at radius 3 is 2.50 bits per heavy atom. The van der Waals surface area contributed by atoms with Crippen LogP contribution in [-0.4, -0.2) is 0 Å². The monoisotopic (exact) mass is 331 g/mol. The first-order chi connectivity index (χ1) is 8.56. The van der Waals surface area contributed by atoms with Crippen molar-refractivity contribution >= 4 is 33.2 Å². The van der Waals surface area contributed by atoms with Crippen LogP contribution in [0.1, 0.15) is 5.56 Å². The van der Waals surface area contributed by atoms with Crippen molar-refractivity contribution in [1.82, 2.24) is 0 Å². The van der Waals surface area contributed by atoms with Crippen LogP contribution in [0, 0.1) is 11.6 Å². The highest BCUT2D eigenvalue weighted by Gasteiger charge is 2.04. The van der Waals surface area contributed by atoms with Gasteiger partial charge in [0.05, 0.1) is 5.02 Å². The molecule has 2 aromatic carbocycles. The van der Waals surface area contributed by atoms with Crippen LogP contribution in [-0.2, 0) is 6.54 Å². The standard InChI is InChI=1S/C13H9BrClF2N/c14-9-2-1-8(13(17)5-9)7-18-10-3-4-12(16)11(15)6-10/h1-6,18H,7H2. The predicted octanol–water partition coefficient (Wildman–Crippen LogP) is 4.99. The number of hydrogen-bond acceptors (Lipinski definition) is 1. The molecular weight excluding hydrogens is 324 g/mol. The Morgan fingerprint density at radius 1 is 1.06 bits per heavy atom. The number of hydrogen-bond donors (Lipinski definition) is 1. The quantitative estimate of drug-likeness (QED) is 0.834. The topological polar surface area (TPSA) is 12.0 Å². The van der Waals surface area contributed by atoms with Crippen LogP contribution in [0.2, 0.25) is 5.02 Å². The maximum atomic E-state index is 13.5. The minimum absolute atomic E-state index is 0.0382. The average molecular weight is 333 g/mol. The molecular formula is C13H9BrClF2N. The Kier molecular flexibility index (Phi) is 4.19. The van der Waals surface area contributed by atoms with Crippen LogP contribution in [0.4, 0.5) is 14.5 Å². The summed E-state index contributed by atoms with van der Waals surface area (Å²) in [6, 6.07) is 9.12. The molecule has 0 aliphatic heterocycles. The molecule has 1 N–H and O–H groups in total. The van der Waals surface area contributed by atoms with E-state index in [1.807, 2.05) is 0 Å². The maximum absolute atomic E-state index is 13.5. The second-order valence-electron chi connectivity index (χ2n) is 3.72. The lowest BCUT2D eigenvalue weighted by Crippen LogP contribution is -2.01. The average Bonchev–Trinajstić information content (AvgIpc) is 2.32. The summed E-state index contributed by atoms with van der Waals surface area (Å²) in [7, 11) is 0. The number of halogens is 4. The van der Waals surface area contributed by atoms with Gasteiger partial charge < -0.3 is 5.32 Å². The number of rotatable bonds is 3. The Morgan fingerprint density at radius 2 is 1.83 bits per heavy atom. The number of benzene rings is 2. The van der Waals surface area contributed by atoms with Gasteiger partial charge in [-0.3, -0.25) is 0 Å². The second kappa shape index (κ2) is 5.67. The minimum Gasteiger partial charge on any atom is -0.381 e. The molecule has 0 unspecified atom stereocenters. The summed E-state index contributed by atoms with van der Waals surface area (Å²) in [6.07, 6.45) is 0. The van der Waals surface area contributed by atoms with Crippen molar-refractivity contribution in [1.29, 1.82) is 0 Å². The lowest BCUT2D eigenvalue weighted by atomic mass is 10.2. The van der Waals surface area contributed by atoms with Crippen LogP contribution in [0.5, 0.6) is 0 Å². The molecule has 5 heteroatoms. The molecule has 0 aliphatic carbocycles. The van der Waals surface area contributed by atoms with Gasteiger partial charge in [0.25, 0.3) is 0 Å². The van der Waals surface area contributed by atoms with Crippen molar-refractivity contribution in [2.75, 3.05) is 5.32 Å². The van der Waals surface area contributed by atoms with Gasteiger partial charge in [0.1, 0.15) is 11.6 Å². The van der Waals surface area contributed by atoms with E-state index < -0.39 is 5.82 Å². The molecule has 2 aromatic rings. The van der Waals surface area contributed by atoms with Gasteiger partial charge in [-0.15, -0.1) is 0 Å². The third kappa shape index (κ3) is 3.21. The third-order valence-corrected chi connectivity index (χ3v) is 3.20. The zero-order valence-corrected chi connectivity index (χ0v) is 11.5. The third-order valence-electron chi connectivity index (χ3n) is 2.42. The molecule has 0 aliphatic rings. The van der Waals surface area contributed by atoms with Crippen molar-refractivity contribution < 1.29 is 8.78 Å². The van der Waals surface area contributed by atoms with Crippen LogP contribution >= 0.6 is 27.5 Å². The van der Waals surface area contributed by atoms with E-state index in [2.05, 4.69) is 21.2 Å². The van der Waals surface area contributed by atoms with E-state index in [4.69, 9.17) is 11.6 Å². The van der Waals surface area contributed by atoms with Gasteiger partial charge >= 0.3 is 0 Å². The maximum Gasteiger partial charge on any atom is 0.141 e. The summed E-state index contributed by atoms with van der Waals surface area (Å²) in [5.74, 6) is -0.776. The van der Waals surface area contributed by atoms with Gasteiger partial charge in [0, 0.05) is 22.3 Å². The first-order valence-corrected chi connectivity index (χ1v) is 6.36. The zero-order chi connectivity index (χ0) is 13.1. The summed E-state index contributed by atoms with van der Waals surface area (Å²) in [5, 5.41) is 3.02. The summed E-state index contributed by atoms with van der Waals surface area (Å²) in [4.78, 5) is 0. The fourth-order valence-corrected chi connectivity index (χ4v) is 1.98. The molecule has 0 saturated heterocycles. The first-order valence-electron chi connectivity index (χ1n) is 5.19. The van der Waals surface area contributed by atoms with E-state index in [1.165, 1.54) is 18.2 Å². The molecule has 18 heavy (non-hydrogen) atoms. The lowest BCUT2D eigenvalue weighted by molar-refractivity contribution is 0.612. The number of anilines is 1. The van der Waals surface area contributed by atoms with Gasteiger partial charge in [0.15, 0.2) is 0 Å². The van der Waals surface area contributed by atoms with Crippen molar-refractivity contribution in [3.63, 3.8) is 0 Å². The van der Waals surface area contributed by atoms with Crippen molar-refractivity contribution in [3.05, 3.63) is 63.1 Å². The van der Waals surface area contributed by atoms with Crippen LogP contribution < -0.4 is 5.32 Å². The van der Waals surface area contributed by atoms with Crippen LogP contribution in [0.15, 0.2) is 40.9 Å². The minimum atomic E-state index is -0.475. The largest absolute Gasteiger partial charge is 0.381 e. The Labute approximate surface area is 117 Å². The van der Waals surface area contributed by atoms with E-state index >= 15 is 0 Å². The highest BCUT2D eigenvalue weighted by molar-refractivity contribution is 9.10. The van der Waals surface area contributed by atoms with Gasteiger partial charge in [-0.2, -0.15) is 0 Å². The van der Waals surface area contributed by atoms with E-state index in [0.29, 0.717) is 22.3 Å². The van der Waals surface area contributed by atoms with E-state index in [0.717, 1.165) is 0 Å². The lowest BCUT2D eigenvalue weighted by Gasteiger charge is -2.08. The molecule has 0 fully saturated rings. The molecule has 0 bridgehead atoms. The van der Waals surface area contributed by atoms with Crippen LogP contribution in [0.3, 0.4) is 0 Å². The zero-order valence-electron chi connectivity index (χ0n) is 9.18. The van der Waals surface area contributed by atoms with E-state index in [9.17, 15) is 8.78 Å². The second-order valence-corrected chi connectivity index (χ2v) is 5.04. The van der Waals surface area contributed by atoms with Gasteiger partial charge in [0.2, 0.25) is 0 Å². The van der Waals surface area contributed by atoms with E-state index in [1.54, 1.807) is 18.2 Å². The highest BCUT2D eigenvalue weighted by atomic mass is 79.9. The molecule has 0 amide bonds. The Bertz CT molecular complexity index is 575. The van der Waals surface area contributed by atoms with Crippen molar-refractivity contribution in [2.24, 2.45) is 0 Å². The van der Waals surface area contributed by atoms with Gasteiger partial charge in [-0.25, -0.2) is 8.78 Å². The summed E-state index contributed by atoms with van der Waals surface area (Å²) in [5.41, 5.74) is 1.17. The molecule has 1 nitrogen and oxygen atoms in total. The smallest absolute Gasteiger partial charge is 0.141 e. The fourth-order valence-electron chi connectivity index (χ4n) is 1.47. The SMILES string of the molecule is Fc1ccc(NCc2ccc(Br)cc2F)cc1Cl. The normalized spacial score (nSPS) is 10.4. The Hall–Kier alpha value is -1.13. The molecule has 2 rings (SSSR count). The molecule has 0 radical (unpaired) electrons. The molecule has 0 atom stereocenters. The summed E-state index contributed by atoms with van der Waals surface area (Å²) < 4.78 is 27.2. The fraction of sp³-hybridized carbons (Fsp3) is 0.0769.